The van der Waals surface area contributed by atoms with Gasteiger partial charge in [0.1, 0.15) is 0 Å². The molecule has 80 valence electrons. The summed E-state index contributed by atoms with van der Waals surface area (Å²) in [4.78, 5) is 4.72. The van der Waals surface area contributed by atoms with Gasteiger partial charge in [-0.15, -0.1) is 11.8 Å². The van der Waals surface area contributed by atoms with Gasteiger partial charge in [-0.05, 0) is 18.1 Å². The molecule has 1 aromatic rings. The van der Waals surface area contributed by atoms with Gasteiger partial charge < -0.3 is 0 Å². The van der Waals surface area contributed by atoms with Gasteiger partial charge >= 0.3 is 0 Å². The smallest absolute Gasteiger partial charge is 0.0770 e. The third-order valence-electron chi connectivity index (χ3n) is 2.64. The molecule has 1 atom stereocenters. The van der Waals surface area contributed by atoms with E-state index in [1.54, 1.807) is 0 Å². The SMILES string of the molecule is CCC1SC(C(C)C)=Nc2ccccc21. The van der Waals surface area contributed by atoms with E-state index in [-0.39, 0.29) is 0 Å². The summed E-state index contributed by atoms with van der Waals surface area (Å²) in [7, 11) is 0. The molecule has 0 fully saturated rings. The summed E-state index contributed by atoms with van der Waals surface area (Å²) in [6.45, 7) is 6.68. The van der Waals surface area contributed by atoms with Crippen molar-refractivity contribution in [2.75, 3.05) is 0 Å². The number of aliphatic imine (C=N–C) groups is 1. The molecule has 1 aliphatic heterocycles. The van der Waals surface area contributed by atoms with E-state index in [0.717, 1.165) is 0 Å². The Balaban J connectivity index is 2.43. The number of hydrogen-bond donors (Lipinski definition) is 0. The fourth-order valence-electron chi connectivity index (χ4n) is 1.78. The van der Waals surface area contributed by atoms with E-state index < -0.39 is 0 Å². The third-order valence-corrected chi connectivity index (χ3v) is 4.32. The number of nitrogens with zero attached hydrogens (tertiary/aromatic N) is 1. The summed E-state index contributed by atoms with van der Waals surface area (Å²) >= 11 is 1.93. The van der Waals surface area contributed by atoms with Gasteiger partial charge in [0.25, 0.3) is 0 Å². The first-order chi connectivity index (χ1) is 7.22. The van der Waals surface area contributed by atoms with E-state index in [4.69, 9.17) is 4.99 Å². The van der Waals surface area contributed by atoms with Gasteiger partial charge in [-0.2, -0.15) is 0 Å². The van der Waals surface area contributed by atoms with Crippen molar-refractivity contribution in [2.45, 2.75) is 32.4 Å². The van der Waals surface area contributed by atoms with Crippen molar-refractivity contribution in [3.8, 4) is 0 Å². The number of para-hydroxylation sites is 1. The minimum absolute atomic E-state index is 0.539. The molecule has 0 aromatic heterocycles. The van der Waals surface area contributed by atoms with Crippen molar-refractivity contribution < 1.29 is 0 Å². The Morgan fingerprint density at radius 2 is 2.07 bits per heavy atom. The molecular weight excluding hydrogens is 202 g/mol. The van der Waals surface area contributed by atoms with Crippen LogP contribution in [0.3, 0.4) is 0 Å². The lowest BCUT2D eigenvalue weighted by molar-refractivity contribution is 0.871. The molecule has 0 saturated carbocycles. The summed E-state index contributed by atoms with van der Waals surface area (Å²) in [5.74, 6) is 0.539. The van der Waals surface area contributed by atoms with Crippen molar-refractivity contribution in [3.05, 3.63) is 29.8 Å². The maximum atomic E-state index is 4.72. The maximum Gasteiger partial charge on any atom is 0.0770 e. The van der Waals surface area contributed by atoms with Gasteiger partial charge in [0.2, 0.25) is 0 Å². The summed E-state index contributed by atoms with van der Waals surface area (Å²) in [5.41, 5.74) is 2.57. The highest BCUT2D eigenvalue weighted by Crippen LogP contribution is 2.44. The fourth-order valence-corrected chi connectivity index (χ4v) is 2.99. The maximum absolute atomic E-state index is 4.72. The first-order valence-corrected chi connectivity index (χ1v) is 6.44. The van der Waals surface area contributed by atoms with Crippen LogP contribution in [0.5, 0.6) is 0 Å². The van der Waals surface area contributed by atoms with E-state index in [1.165, 1.54) is 22.7 Å². The summed E-state index contributed by atoms with van der Waals surface area (Å²) in [6.07, 6.45) is 1.17. The summed E-state index contributed by atoms with van der Waals surface area (Å²) in [5, 5.41) is 1.87. The molecule has 15 heavy (non-hydrogen) atoms. The largest absolute Gasteiger partial charge is 0.246 e. The molecule has 0 spiro atoms. The van der Waals surface area contributed by atoms with Crippen LogP contribution in [0.4, 0.5) is 5.69 Å². The molecule has 0 amide bonds. The van der Waals surface area contributed by atoms with E-state index in [2.05, 4.69) is 45.0 Å². The predicted octanol–water partition coefficient (Wildman–Crippen LogP) is 4.57. The number of fused-ring (bicyclic) bond motifs is 1. The Morgan fingerprint density at radius 1 is 1.33 bits per heavy atom. The standard InChI is InChI=1S/C13H17NS/c1-4-12-10-7-5-6-8-11(10)14-13(15-12)9(2)3/h5-9,12H,4H2,1-3H3. The minimum atomic E-state index is 0.539. The average Bonchev–Trinajstić information content (AvgIpc) is 2.27. The molecule has 0 aliphatic carbocycles. The summed E-state index contributed by atoms with van der Waals surface area (Å²) in [6, 6.07) is 8.51. The van der Waals surface area contributed by atoms with Crippen LogP contribution in [0.2, 0.25) is 0 Å². The lowest BCUT2D eigenvalue weighted by Gasteiger charge is -2.24. The predicted molar refractivity (Wildman–Crippen MR) is 69.0 cm³/mol. The van der Waals surface area contributed by atoms with Gasteiger partial charge in [0, 0.05) is 11.2 Å². The quantitative estimate of drug-likeness (QED) is 0.709. The van der Waals surface area contributed by atoms with Crippen molar-refractivity contribution in [3.63, 3.8) is 0 Å². The van der Waals surface area contributed by atoms with Gasteiger partial charge in [-0.3, -0.25) is 0 Å². The Labute approximate surface area is 96.0 Å². The second-order valence-electron chi connectivity index (χ2n) is 4.18. The molecule has 0 radical (unpaired) electrons. The third kappa shape index (κ3) is 2.10. The Morgan fingerprint density at radius 3 is 2.73 bits per heavy atom. The molecule has 0 saturated heterocycles. The van der Waals surface area contributed by atoms with Crippen molar-refractivity contribution in [1.82, 2.24) is 0 Å². The lowest BCUT2D eigenvalue weighted by atomic mass is 10.1. The summed E-state index contributed by atoms with van der Waals surface area (Å²) < 4.78 is 0. The van der Waals surface area contributed by atoms with Crippen LogP contribution in [0.15, 0.2) is 29.3 Å². The fraction of sp³-hybridized carbons (Fsp3) is 0.462. The highest BCUT2D eigenvalue weighted by atomic mass is 32.2. The lowest BCUT2D eigenvalue weighted by Crippen LogP contribution is -2.10. The Kier molecular flexibility index (Phi) is 3.15. The first kappa shape index (κ1) is 10.7. The van der Waals surface area contributed by atoms with Crippen LogP contribution in [0.25, 0.3) is 0 Å². The highest BCUT2D eigenvalue weighted by molar-refractivity contribution is 8.14. The second kappa shape index (κ2) is 4.40. The van der Waals surface area contributed by atoms with E-state index in [1.807, 2.05) is 11.8 Å². The van der Waals surface area contributed by atoms with E-state index in [9.17, 15) is 0 Å². The van der Waals surface area contributed by atoms with Gasteiger partial charge in [-0.1, -0.05) is 39.0 Å². The monoisotopic (exact) mass is 219 g/mol. The number of hydrogen-bond acceptors (Lipinski definition) is 2. The Bertz CT molecular complexity index is 382. The molecule has 2 heteroatoms. The van der Waals surface area contributed by atoms with Crippen LogP contribution < -0.4 is 0 Å². The van der Waals surface area contributed by atoms with Crippen molar-refractivity contribution >= 4 is 22.5 Å². The Hall–Kier alpha value is -0.760. The van der Waals surface area contributed by atoms with E-state index >= 15 is 0 Å². The molecule has 1 nitrogen and oxygen atoms in total. The minimum Gasteiger partial charge on any atom is -0.246 e. The number of rotatable bonds is 2. The highest BCUT2D eigenvalue weighted by Gasteiger charge is 2.22. The zero-order chi connectivity index (χ0) is 10.8. The number of thioether (sulfide) groups is 1. The normalized spacial score (nSPS) is 20.0. The van der Waals surface area contributed by atoms with Gasteiger partial charge in [0.05, 0.1) is 10.7 Å². The van der Waals surface area contributed by atoms with Crippen LogP contribution in [-0.4, -0.2) is 5.04 Å². The van der Waals surface area contributed by atoms with E-state index in [0.29, 0.717) is 11.2 Å². The molecule has 1 unspecified atom stereocenters. The van der Waals surface area contributed by atoms with Crippen LogP contribution in [0.1, 0.15) is 38.0 Å². The molecule has 1 aliphatic rings. The van der Waals surface area contributed by atoms with Crippen LogP contribution in [-0.2, 0) is 0 Å². The average molecular weight is 219 g/mol. The van der Waals surface area contributed by atoms with Crippen LogP contribution in [0, 0.1) is 5.92 Å². The second-order valence-corrected chi connectivity index (χ2v) is 5.40. The van der Waals surface area contributed by atoms with Gasteiger partial charge in [-0.25, -0.2) is 4.99 Å². The molecule has 1 heterocycles. The topological polar surface area (TPSA) is 12.4 Å². The number of benzene rings is 1. The van der Waals surface area contributed by atoms with Gasteiger partial charge in [0.15, 0.2) is 0 Å². The molecule has 0 bridgehead atoms. The molecule has 0 N–H and O–H groups in total. The van der Waals surface area contributed by atoms with Crippen molar-refractivity contribution in [2.24, 2.45) is 10.9 Å². The first-order valence-electron chi connectivity index (χ1n) is 5.56. The molecule has 2 rings (SSSR count). The van der Waals surface area contributed by atoms with Crippen molar-refractivity contribution in [1.29, 1.82) is 0 Å². The zero-order valence-corrected chi connectivity index (χ0v) is 10.3. The zero-order valence-electron chi connectivity index (χ0n) is 9.53. The molecule has 1 aromatic carbocycles. The van der Waals surface area contributed by atoms with Crippen LogP contribution >= 0.6 is 11.8 Å². The molecular formula is C13H17NS.